The van der Waals surface area contributed by atoms with Crippen molar-refractivity contribution < 1.29 is 23.8 Å². The van der Waals surface area contributed by atoms with Gasteiger partial charge in [0.25, 0.3) is 0 Å². The molecule has 3 aliphatic rings. The van der Waals surface area contributed by atoms with E-state index in [-0.39, 0.29) is 29.4 Å². The maximum Gasteiger partial charge on any atom is 0.336 e. The third-order valence-electron chi connectivity index (χ3n) is 7.17. The molecule has 2 aliphatic carbocycles. The van der Waals surface area contributed by atoms with Crippen LogP contribution in [-0.4, -0.2) is 30.9 Å². The van der Waals surface area contributed by atoms with Crippen LogP contribution < -0.4 is 0 Å². The average molecular weight is 362 g/mol. The van der Waals surface area contributed by atoms with Gasteiger partial charge < -0.3 is 14.2 Å². The van der Waals surface area contributed by atoms with E-state index in [0.717, 1.165) is 24.8 Å². The number of hydrogen-bond acceptors (Lipinski definition) is 5. The number of carbonyl (C=O) groups excluding carboxylic acids is 2. The monoisotopic (exact) mass is 362 g/mol. The third-order valence-corrected chi connectivity index (χ3v) is 7.17. The summed E-state index contributed by atoms with van der Waals surface area (Å²) < 4.78 is 17.3. The Kier molecular flexibility index (Phi) is 4.80. The summed E-state index contributed by atoms with van der Waals surface area (Å²) in [5.74, 6) is -1.00. The largest absolute Gasteiger partial charge is 0.459 e. The fourth-order valence-corrected chi connectivity index (χ4v) is 4.94. The van der Waals surface area contributed by atoms with E-state index < -0.39 is 5.79 Å². The van der Waals surface area contributed by atoms with Crippen molar-refractivity contribution in [3.63, 3.8) is 0 Å². The summed E-state index contributed by atoms with van der Waals surface area (Å²) in [6.45, 7) is 9.95. The molecule has 0 aromatic rings. The van der Waals surface area contributed by atoms with Crippen molar-refractivity contribution in [1.82, 2.24) is 0 Å². The molecule has 0 bridgehead atoms. The number of rotatable bonds is 3. The number of hydrogen-bond donors (Lipinski definition) is 0. The van der Waals surface area contributed by atoms with Crippen LogP contribution in [0.3, 0.4) is 0 Å². The van der Waals surface area contributed by atoms with Gasteiger partial charge in [0.1, 0.15) is 6.10 Å². The van der Waals surface area contributed by atoms with Crippen LogP contribution >= 0.6 is 0 Å². The number of methoxy groups -OCH3 is 1. The van der Waals surface area contributed by atoms with Gasteiger partial charge in [-0.1, -0.05) is 19.9 Å². The molecule has 0 radical (unpaired) electrons. The molecule has 1 heterocycles. The lowest BCUT2D eigenvalue weighted by molar-refractivity contribution is -0.229. The SMILES string of the molecule is C/C=C(/C)C(=O)O[C@@H]1CC[C@H](C)[C@@]2(C)CC3=C(C)C(=O)OC3(OC)C[C@H]12. The first-order valence-corrected chi connectivity index (χ1v) is 9.51. The highest BCUT2D eigenvalue weighted by molar-refractivity contribution is 5.92. The molecule has 0 aromatic heterocycles. The van der Waals surface area contributed by atoms with Crippen molar-refractivity contribution in [2.75, 3.05) is 7.11 Å². The Bertz CT molecular complexity index is 691. The molecule has 144 valence electrons. The van der Waals surface area contributed by atoms with Gasteiger partial charge in [-0.3, -0.25) is 0 Å². The summed E-state index contributed by atoms with van der Waals surface area (Å²) in [5.41, 5.74) is 2.20. The van der Waals surface area contributed by atoms with Gasteiger partial charge in [-0.2, -0.15) is 0 Å². The first kappa shape index (κ1) is 19.2. The molecule has 0 N–H and O–H groups in total. The van der Waals surface area contributed by atoms with Crippen LogP contribution in [0.25, 0.3) is 0 Å². The lowest BCUT2D eigenvalue weighted by Crippen LogP contribution is -2.56. The zero-order chi connectivity index (χ0) is 19.3. The zero-order valence-electron chi connectivity index (χ0n) is 16.7. The summed E-state index contributed by atoms with van der Waals surface area (Å²) in [6.07, 6.45) is 4.69. The van der Waals surface area contributed by atoms with Crippen LogP contribution in [0, 0.1) is 17.3 Å². The minimum Gasteiger partial charge on any atom is -0.459 e. The lowest BCUT2D eigenvalue weighted by atomic mass is 9.52. The van der Waals surface area contributed by atoms with Crippen molar-refractivity contribution in [2.24, 2.45) is 17.3 Å². The highest BCUT2D eigenvalue weighted by Crippen LogP contribution is 2.60. The van der Waals surface area contributed by atoms with Crippen molar-refractivity contribution >= 4 is 11.9 Å². The molecule has 0 amide bonds. The minimum atomic E-state index is -0.997. The van der Waals surface area contributed by atoms with Gasteiger partial charge in [0, 0.05) is 36.2 Å². The second-order valence-electron chi connectivity index (χ2n) is 8.34. The Morgan fingerprint density at radius 2 is 2.04 bits per heavy atom. The second-order valence-corrected chi connectivity index (χ2v) is 8.34. The number of allylic oxidation sites excluding steroid dienone is 1. The molecule has 26 heavy (non-hydrogen) atoms. The van der Waals surface area contributed by atoms with Crippen LogP contribution in [0.1, 0.15) is 60.3 Å². The number of esters is 2. The summed E-state index contributed by atoms with van der Waals surface area (Å²) in [7, 11) is 1.59. The number of carbonyl (C=O) groups is 2. The van der Waals surface area contributed by atoms with E-state index in [0.29, 0.717) is 23.5 Å². The van der Waals surface area contributed by atoms with Gasteiger partial charge in [-0.05, 0) is 51.4 Å². The smallest absolute Gasteiger partial charge is 0.336 e. The molecular weight excluding hydrogens is 332 g/mol. The molecular formula is C21H30O5. The van der Waals surface area contributed by atoms with Gasteiger partial charge in [0.05, 0.1) is 0 Å². The standard InChI is InChI=1S/C21H30O5/c1-7-12(2)18(22)25-17-9-8-13(3)20(5)10-15-14(4)19(23)26-21(15,24-6)11-16(17)20/h7,13,16-17H,8-11H2,1-6H3/b12-7-/t13-,16+,17+,20+,21?/m0/s1. The van der Waals surface area contributed by atoms with Crippen LogP contribution in [0.2, 0.25) is 0 Å². The van der Waals surface area contributed by atoms with Crippen molar-refractivity contribution in [3.05, 3.63) is 22.8 Å². The molecule has 0 saturated heterocycles. The van der Waals surface area contributed by atoms with E-state index >= 15 is 0 Å². The van der Waals surface area contributed by atoms with Gasteiger partial charge in [-0.25, -0.2) is 9.59 Å². The van der Waals surface area contributed by atoms with Gasteiger partial charge in [0.15, 0.2) is 0 Å². The summed E-state index contributed by atoms with van der Waals surface area (Å²) in [4.78, 5) is 24.6. The molecule has 1 aliphatic heterocycles. The quantitative estimate of drug-likeness (QED) is 0.562. The van der Waals surface area contributed by atoms with E-state index in [1.54, 1.807) is 20.1 Å². The highest BCUT2D eigenvalue weighted by Gasteiger charge is 2.61. The van der Waals surface area contributed by atoms with Gasteiger partial charge in [0.2, 0.25) is 5.79 Å². The molecule has 0 aromatic carbocycles. The third kappa shape index (κ3) is 2.72. The van der Waals surface area contributed by atoms with Crippen molar-refractivity contribution in [2.45, 2.75) is 72.2 Å². The van der Waals surface area contributed by atoms with Crippen molar-refractivity contribution in [3.8, 4) is 0 Å². The fraction of sp³-hybridized carbons (Fsp3) is 0.714. The molecule has 1 unspecified atom stereocenters. The van der Waals surface area contributed by atoms with Crippen LogP contribution in [0.4, 0.5) is 0 Å². The van der Waals surface area contributed by atoms with E-state index in [9.17, 15) is 9.59 Å². The van der Waals surface area contributed by atoms with E-state index in [2.05, 4.69) is 13.8 Å². The summed E-state index contributed by atoms with van der Waals surface area (Å²) in [5, 5.41) is 0. The van der Waals surface area contributed by atoms with Gasteiger partial charge in [-0.15, -0.1) is 0 Å². The molecule has 5 heteroatoms. The van der Waals surface area contributed by atoms with Crippen LogP contribution in [0.15, 0.2) is 22.8 Å². The average Bonchev–Trinajstić information content (AvgIpc) is 2.86. The molecule has 5 atom stereocenters. The normalized spacial score (nSPS) is 40.0. The first-order chi connectivity index (χ1) is 12.2. The lowest BCUT2D eigenvalue weighted by Gasteiger charge is -2.55. The predicted octanol–water partition coefficient (Wildman–Crippen LogP) is 3.93. The van der Waals surface area contributed by atoms with E-state index in [1.165, 1.54) is 0 Å². The molecule has 2 saturated carbocycles. The second kappa shape index (κ2) is 6.52. The Balaban J connectivity index is 1.96. The van der Waals surface area contributed by atoms with Gasteiger partial charge >= 0.3 is 11.9 Å². The number of fused-ring (bicyclic) bond motifs is 2. The summed E-state index contributed by atoms with van der Waals surface area (Å²) in [6, 6.07) is 0. The van der Waals surface area contributed by atoms with Crippen LogP contribution in [0.5, 0.6) is 0 Å². The Morgan fingerprint density at radius 1 is 1.35 bits per heavy atom. The summed E-state index contributed by atoms with van der Waals surface area (Å²) >= 11 is 0. The molecule has 2 fully saturated rings. The maximum absolute atomic E-state index is 12.4. The van der Waals surface area contributed by atoms with E-state index in [4.69, 9.17) is 14.2 Å². The predicted molar refractivity (Wildman–Crippen MR) is 97.1 cm³/mol. The zero-order valence-corrected chi connectivity index (χ0v) is 16.7. The van der Waals surface area contributed by atoms with E-state index in [1.807, 2.05) is 13.8 Å². The highest BCUT2D eigenvalue weighted by atomic mass is 16.7. The first-order valence-electron chi connectivity index (χ1n) is 9.51. The molecule has 5 nitrogen and oxygen atoms in total. The van der Waals surface area contributed by atoms with Crippen molar-refractivity contribution in [1.29, 1.82) is 0 Å². The molecule has 3 rings (SSSR count). The maximum atomic E-state index is 12.4. The Labute approximate surface area is 155 Å². The molecule has 0 spiro atoms. The number of ether oxygens (including phenoxy) is 3. The Morgan fingerprint density at radius 3 is 2.65 bits per heavy atom. The minimum absolute atomic E-state index is 0.0559. The topological polar surface area (TPSA) is 61.8 Å². The van der Waals surface area contributed by atoms with Crippen LogP contribution in [-0.2, 0) is 23.8 Å². The fourth-order valence-electron chi connectivity index (χ4n) is 4.94. The Hall–Kier alpha value is -1.62.